The number of hydrogen-bond acceptors (Lipinski definition) is 2. The Hall–Kier alpha value is -0.710. The Morgan fingerprint density at radius 3 is 2.31 bits per heavy atom. The van der Waals surface area contributed by atoms with Crippen molar-refractivity contribution in [2.24, 2.45) is 5.92 Å². The normalized spacial score (nSPS) is 22.0. The molecule has 0 aliphatic carbocycles. The first-order chi connectivity index (χ1) is 7.36. The van der Waals surface area contributed by atoms with Crippen LogP contribution in [0.3, 0.4) is 0 Å². The largest absolute Gasteiger partial charge is 0.480 e. The minimum Gasteiger partial charge on any atom is -0.480 e. The molecule has 0 aromatic heterocycles. The number of nitrogens with zero attached hydrogens (tertiary/aromatic N) is 1. The van der Waals surface area contributed by atoms with E-state index in [0.717, 1.165) is 6.92 Å². The van der Waals surface area contributed by atoms with E-state index >= 15 is 0 Å². The highest BCUT2D eigenvalue weighted by molar-refractivity contribution is 5.73. The summed E-state index contributed by atoms with van der Waals surface area (Å²) in [5.41, 5.74) is 0. The van der Waals surface area contributed by atoms with Gasteiger partial charge >= 0.3 is 5.97 Å². The highest BCUT2D eigenvalue weighted by Gasteiger charge is 2.38. The van der Waals surface area contributed by atoms with Gasteiger partial charge in [-0.15, -0.1) is 0 Å². The van der Waals surface area contributed by atoms with Gasteiger partial charge in [-0.3, -0.25) is 9.69 Å². The average molecular weight is 235 g/mol. The predicted molar refractivity (Wildman–Crippen MR) is 56.6 cm³/mol. The van der Waals surface area contributed by atoms with E-state index < -0.39 is 23.9 Å². The van der Waals surface area contributed by atoms with Crippen LogP contribution in [0.4, 0.5) is 8.78 Å². The van der Waals surface area contributed by atoms with E-state index in [1.165, 1.54) is 0 Å². The van der Waals surface area contributed by atoms with E-state index in [0.29, 0.717) is 32.4 Å². The molecule has 0 bridgehead atoms. The molecular formula is C11H19F2NO2. The molecule has 5 heteroatoms. The molecule has 0 radical (unpaired) electrons. The molecule has 1 atom stereocenters. The van der Waals surface area contributed by atoms with Crippen LogP contribution >= 0.6 is 0 Å². The summed E-state index contributed by atoms with van der Waals surface area (Å²) in [4.78, 5) is 12.7. The van der Waals surface area contributed by atoms with Crippen LogP contribution in [-0.4, -0.2) is 41.0 Å². The fourth-order valence-corrected chi connectivity index (χ4v) is 2.31. The summed E-state index contributed by atoms with van der Waals surface area (Å²) in [5, 5.41) is 8.96. The van der Waals surface area contributed by atoms with Crippen molar-refractivity contribution >= 4 is 5.97 Å². The number of hydrogen-bond donors (Lipinski definition) is 1. The standard InChI is InChI=1S/C11H19F2NO2/c1-3-9(10(15)16)14-6-4-8(5-7-14)11(2,12)13/h8-9H,3-7H2,1-2H3,(H,15,16)/t9-/m1/s1. The zero-order chi connectivity index (χ0) is 12.3. The molecule has 0 amide bonds. The first-order valence-corrected chi connectivity index (χ1v) is 5.71. The van der Waals surface area contributed by atoms with E-state index in [-0.39, 0.29) is 0 Å². The topological polar surface area (TPSA) is 40.5 Å². The van der Waals surface area contributed by atoms with Gasteiger partial charge in [-0.05, 0) is 39.3 Å². The summed E-state index contributed by atoms with van der Waals surface area (Å²) >= 11 is 0. The molecule has 0 unspecified atom stereocenters. The van der Waals surface area contributed by atoms with Gasteiger partial charge in [0.25, 0.3) is 0 Å². The summed E-state index contributed by atoms with van der Waals surface area (Å²) < 4.78 is 26.1. The number of carboxylic acids is 1. The van der Waals surface area contributed by atoms with Gasteiger partial charge in [-0.2, -0.15) is 0 Å². The molecule has 1 saturated heterocycles. The van der Waals surface area contributed by atoms with Crippen LogP contribution < -0.4 is 0 Å². The monoisotopic (exact) mass is 235 g/mol. The van der Waals surface area contributed by atoms with Crippen molar-refractivity contribution in [2.75, 3.05) is 13.1 Å². The van der Waals surface area contributed by atoms with E-state index in [1.54, 1.807) is 11.8 Å². The number of carboxylic acid groups (broad SMARTS) is 1. The van der Waals surface area contributed by atoms with Crippen LogP contribution in [-0.2, 0) is 4.79 Å². The summed E-state index contributed by atoms with van der Waals surface area (Å²) in [6.45, 7) is 3.67. The minimum atomic E-state index is -2.64. The lowest BCUT2D eigenvalue weighted by molar-refractivity contribution is -0.145. The third-order valence-corrected chi connectivity index (χ3v) is 3.36. The number of aliphatic carboxylic acids is 1. The van der Waals surface area contributed by atoms with Gasteiger partial charge < -0.3 is 5.11 Å². The van der Waals surface area contributed by atoms with Crippen LogP contribution in [0.1, 0.15) is 33.1 Å². The molecule has 1 fully saturated rings. The number of likely N-dealkylation sites (tertiary alicyclic amines) is 1. The molecule has 0 aromatic rings. The molecule has 0 saturated carbocycles. The summed E-state index contributed by atoms with van der Waals surface area (Å²) in [6.07, 6.45) is 1.28. The second-order valence-corrected chi connectivity index (χ2v) is 4.53. The molecule has 1 rings (SSSR count). The van der Waals surface area contributed by atoms with Crippen molar-refractivity contribution in [1.82, 2.24) is 4.90 Å². The Morgan fingerprint density at radius 1 is 1.50 bits per heavy atom. The van der Waals surface area contributed by atoms with Gasteiger partial charge in [0.1, 0.15) is 6.04 Å². The van der Waals surface area contributed by atoms with Crippen molar-refractivity contribution < 1.29 is 18.7 Å². The van der Waals surface area contributed by atoms with Gasteiger partial charge in [-0.1, -0.05) is 6.92 Å². The molecule has 1 N–H and O–H groups in total. The van der Waals surface area contributed by atoms with E-state index in [9.17, 15) is 13.6 Å². The van der Waals surface area contributed by atoms with Gasteiger partial charge in [-0.25, -0.2) is 8.78 Å². The maximum absolute atomic E-state index is 13.0. The Morgan fingerprint density at radius 2 is 2.00 bits per heavy atom. The van der Waals surface area contributed by atoms with Crippen molar-refractivity contribution in [3.8, 4) is 0 Å². The maximum atomic E-state index is 13.0. The predicted octanol–water partition coefficient (Wildman–Crippen LogP) is 2.22. The molecule has 1 aliphatic heterocycles. The number of piperidine rings is 1. The molecule has 1 heterocycles. The smallest absolute Gasteiger partial charge is 0.320 e. The van der Waals surface area contributed by atoms with Crippen molar-refractivity contribution in [1.29, 1.82) is 0 Å². The van der Waals surface area contributed by atoms with E-state index in [1.807, 2.05) is 0 Å². The molecule has 3 nitrogen and oxygen atoms in total. The summed E-state index contributed by atoms with van der Waals surface area (Å²) in [5.74, 6) is -4.10. The SMILES string of the molecule is CC[C@H](C(=O)O)N1CCC(C(C)(F)F)CC1. The first-order valence-electron chi connectivity index (χ1n) is 5.71. The summed E-state index contributed by atoms with van der Waals surface area (Å²) in [7, 11) is 0. The van der Waals surface area contributed by atoms with Gasteiger partial charge in [0.15, 0.2) is 0 Å². The Labute approximate surface area is 94.4 Å². The zero-order valence-corrected chi connectivity index (χ0v) is 9.75. The number of rotatable bonds is 4. The van der Waals surface area contributed by atoms with Crippen molar-refractivity contribution in [3.63, 3.8) is 0 Å². The van der Waals surface area contributed by atoms with Gasteiger partial charge in [0, 0.05) is 5.92 Å². The first kappa shape index (κ1) is 13.4. The van der Waals surface area contributed by atoms with Crippen LogP contribution in [0, 0.1) is 5.92 Å². The third-order valence-electron chi connectivity index (χ3n) is 3.36. The van der Waals surface area contributed by atoms with Crippen LogP contribution in [0.5, 0.6) is 0 Å². The fraction of sp³-hybridized carbons (Fsp3) is 0.909. The number of alkyl halides is 2. The fourth-order valence-electron chi connectivity index (χ4n) is 2.31. The average Bonchev–Trinajstić information content (AvgIpc) is 2.17. The van der Waals surface area contributed by atoms with Crippen molar-refractivity contribution in [3.05, 3.63) is 0 Å². The highest BCUT2D eigenvalue weighted by atomic mass is 19.3. The molecule has 0 spiro atoms. The number of halogens is 2. The molecule has 1 aliphatic rings. The van der Waals surface area contributed by atoms with Gasteiger partial charge in [0.05, 0.1) is 0 Å². The van der Waals surface area contributed by atoms with Crippen molar-refractivity contribution in [2.45, 2.75) is 45.1 Å². The number of carbonyl (C=O) groups is 1. The summed E-state index contributed by atoms with van der Waals surface area (Å²) in [6, 6.07) is -0.522. The van der Waals surface area contributed by atoms with Crippen LogP contribution in [0.2, 0.25) is 0 Å². The van der Waals surface area contributed by atoms with E-state index in [2.05, 4.69) is 0 Å². The lowest BCUT2D eigenvalue weighted by atomic mass is 9.90. The highest BCUT2D eigenvalue weighted by Crippen LogP contribution is 2.33. The quantitative estimate of drug-likeness (QED) is 0.812. The molecule has 0 aromatic carbocycles. The lowest BCUT2D eigenvalue weighted by Gasteiger charge is -2.37. The third kappa shape index (κ3) is 3.14. The molecule has 94 valence electrons. The van der Waals surface area contributed by atoms with Crippen LogP contribution in [0.25, 0.3) is 0 Å². The molecular weight excluding hydrogens is 216 g/mol. The minimum absolute atomic E-state index is 0.382. The Bertz CT molecular complexity index is 245. The lowest BCUT2D eigenvalue weighted by Crippen LogP contribution is -2.47. The van der Waals surface area contributed by atoms with Gasteiger partial charge in [0.2, 0.25) is 5.92 Å². The molecule has 16 heavy (non-hydrogen) atoms. The Kier molecular flexibility index (Phi) is 4.24. The zero-order valence-electron chi connectivity index (χ0n) is 9.75. The second kappa shape index (κ2) is 5.08. The van der Waals surface area contributed by atoms with Crippen LogP contribution in [0.15, 0.2) is 0 Å². The maximum Gasteiger partial charge on any atom is 0.320 e. The Balaban J connectivity index is 2.51. The van der Waals surface area contributed by atoms with E-state index in [4.69, 9.17) is 5.11 Å². The second-order valence-electron chi connectivity index (χ2n) is 4.53.